The van der Waals surface area contributed by atoms with Gasteiger partial charge in [0.2, 0.25) is 10.0 Å². The van der Waals surface area contributed by atoms with Crippen molar-refractivity contribution in [3.05, 3.63) is 53.6 Å². The van der Waals surface area contributed by atoms with E-state index < -0.39 is 22.5 Å². The van der Waals surface area contributed by atoms with Crippen molar-refractivity contribution >= 4 is 22.1 Å². The number of nitrogens with zero attached hydrogens (tertiary/aromatic N) is 2. The Bertz CT molecular complexity index is 940. The number of carbonyl (C=O) groups is 1. The van der Waals surface area contributed by atoms with Crippen LogP contribution in [0.15, 0.2) is 52.5 Å². The first-order valence-electron chi connectivity index (χ1n) is 7.96. The summed E-state index contributed by atoms with van der Waals surface area (Å²) in [6.07, 6.45) is 1.24. The maximum atomic E-state index is 12.4. The zero-order valence-corrected chi connectivity index (χ0v) is 16.0. The van der Waals surface area contributed by atoms with Gasteiger partial charge in [-0.05, 0) is 31.2 Å². The van der Waals surface area contributed by atoms with Crippen LogP contribution < -0.4 is 10.2 Å². The van der Waals surface area contributed by atoms with Gasteiger partial charge in [-0.15, -0.1) is 0 Å². The third kappa shape index (κ3) is 5.05. The summed E-state index contributed by atoms with van der Waals surface area (Å²) in [5.41, 5.74) is 3.51. The summed E-state index contributed by atoms with van der Waals surface area (Å²) in [7, 11) is -1.05. The average molecular weight is 391 g/mol. The molecule has 144 valence electrons. The lowest BCUT2D eigenvalue weighted by molar-refractivity contribution is -0.121. The van der Waals surface area contributed by atoms with Gasteiger partial charge in [0.05, 0.1) is 24.8 Å². The summed E-state index contributed by atoms with van der Waals surface area (Å²) in [6, 6.07) is 11.2. The molecule has 0 heterocycles. The van der Waals surface area contributed by atoms with E-state index in [-0.39, 0.29) is 16.4 Å². The molecule has 0 unspecified atom stereocenters. The standard InChI is InChI=1S/C18H21N3O5S/c1-13-7-9-15(10-8-13)27(24,25)21(2)12-17(22)20-19-11-14-5-4-6-16(26-3)18(14)23/h4-11,23H,12H2,1-3H3,(H,20,22)/b19-11+. The van der Waals surface area contributed by atoms with Crippen molar-refractivity contribution in [2.24, 2.45) is 5.10 Å². The van der Waals surface area contributed by atoms with Crippen molar-refractivity contribution < 1.29 is 23.1 Å². The molecule has 27 heavy (non-hydrogen) atoms. The minimum absolute atomic E-state index is 0.105. The molecule has 9 heteroatoms. The number of nitrogens with one attached hydrogen (secondary N) is 1. The Hall–Kier alpha value is -2.91. The Morgan fingerprint density at radius 1 is 1.26 bits per heavy atom. The molecule has 0 saturated heterocycles. The average Bonchev–Trinajstić information content (AvgIpc) is 2.63. The minimum Gasteiger partial charge on any atom is -0.504 e. The molecule has 1 amide bonds. The van der Waals surface area contributed by atoms with Crippen LogP contribution in [-0.4, -0.2) is 50.7 Å². The summed E-state index contributed by atoms with van der Waals surface area (Å²) < 4.78 is 30.8. The first kappa shape index (κ1) is 20.4. The maximum absolute atomic E-state index is 12.4. The number of hydrogen-bond acceptors (Lipinski definition) is 6. The van der Waals surface area contributed by atoms with Gasteiger partial charge in [0.25, 0.3) is 5.91 Å². The first-order valence-corrected chi connectivity index (χ1v) is 9.40. The zero-order valence-electron chi connectivity index (χ0n) is 15.2. The molecule has 0 bridgehead atoms. The summed E-state index contributed by atoms with van der Waals surface area (Å²) in [5, 5.41) is 13.7. The number of amides is 1. The number of phenolic OH excluding ortho intramolecular Hbond substituents is 1. The molecule has 0 aliphatic rings. The molecule has 0 aliphatic heterocycles. The maximum Gasteiger partial charge on any atom is 0.255 e. The molecule has 2 rings (SSSR count). The predicted octanol–water partition coefficient (Wildman–Crippen LogP) is 1.48. The molecule has 2 N–H and O–H groups in total. The smallest absolute Gasteiger partial charge is 0.255 e. The van der Waals surface area contributed by atoms with E-state index in [1.54, 1.807) is 30.3 Å². The normalized spacial score (nSPS) is 11.7. The molecule has 0 atom stereocenters. The van der Waals surface area contributed by atoms with Gasteiger partial charge < -0.3 is 9.84 Å². The first-order chi connectivity index (χ1) is 12.8. The molecule has 0 aliphatic carbocycles. The molecule has 0 fully saturated rings. The molecule has 0 saturated carbocycles. The SMILES string of the molecule is COc1cccc(/C=N/NC(=O)CN(C)S(=O)(=O)c2ccc(C)cc2)c1O. The van der Waals surface area contributed by atoms with Crippen LogP contribution >= 0.6 is 0 Å². The summed E-state index contributed by atoms with van der Waals surface area (Å²) in [4.78, 5) is 12.1. The van der Waals surface area contributed by atoms with E-state index in [4.69, 9.17) is 4.74 Å². The Morgan fingerprint density at radius 3 is 2.56 bits per heavy atom. The lowest BCUT2D eigenvalue weighted by atomic mass is 10.2. The topological polar surface area (TPSA) is 108 Å². The Balaban J connectivity index is 2.00. The molecular formula is C18H21N3O5S. The van der Waals surface area contributed by atoms with Crippen LogP contribution in [0.25, 0.3) is 0 Å². The number of hydrazone groups is 1. The number of para-hydroxylation sites is 1. The van der Waals surface area contributed by atoms with Crippen molar-refractivity contribution in [1.29, 1.82) is 0 Å². The van der Waals surface area contributed by atoms with Crippen LogP contribution in [0.3, 0.4) is 0 Å². The van der Waals surface area contributed by atoms with E-state index in [0.717, 1.165) is 9.87 Å². The fraction of sp³-hybridized carbons (Fsp3) is 0.222. The van der Waals surface area contributed by atoms with Gasteiger partial charge >= 0.3 is 0 Å². The largest absolute Gasteiger partial charge is 0.504 e. The van der Waals surface area contributed by atoms with Crippen molar-refractivity contribution in [2.45, 2.75) is 11.8 Å². The van der Waals surface area contributed by atoms with Gasteiger partial charge in [0, 0.05) is 12.6 Å². The number of aryl methyl sites for hydroxylation is 1. The van der Waals surface area contributed by atoms with Crippen molar-refractivity contribution in [2.75, 3.05) is 20.7 Å². The fourth-order valence-corrected chi connectivity index (χ4v) is 3.32. The third-order valence-electron chi connectivity index (χ3n) is 3.74. The van der Waals surface area contributed by atoms with Crippen molar-refractivity contribution in [3.8, 4) is 11.5 Å². The van der Waals surface area contributed by atoms with E-state index >= 15 is 0 Å². The van der Waals surface area contributed by atoms with E-state index in [9.17, 15) is 18.3 Å². The summed E-state index contributed by atoms with van der Waals surface area (Å²) in [6.45, 7) is 1.45. The summed E-state index contributed by atoms with van der Waals surface area (Å²) in [5.74, 6) is -0.460. The second-order valence-electron chi connectivity index (χ2n) is 5.77. The number of phenols is 1. The fourth-order valence-electron chi connectivity index (χ4n) is 2.19. The van der Waals surface area contributed by atoms with Gasteiger partial charge in [-0.3, -0.25) is 4.79 Å². The second-order valence-corrected chi connectivity index (χ2v) is 7.81. The number of rotatable bonds is 7. The molecule has 2 aromatic carbocycles. The lowest BCUT2D eigenvalue weighted by Crippen LogP contribution is -2.36. The van der Waals surface area contributed by atoms with Crippen LogP contribution in [0.4, 0.5) is 0 Å². The van der Waals surface area contributed by atoms with Crippen LogP contribution in [0, 0.1) is 6.92 Å². The lowest BCUT2D eigenvalue weighted by Gasteiger charge is -2.16. The second kappa shape index (κ2) is 8.65. The van der Waals surface area contributed by atoms with Gasteiger partial charge in [0.15, 0.2) is 11.5 Å². The quantitative estimate of drug-likeness (QED) is 0.549. The highest BCUT2D eigenvalue weighted by Gasteiger charge is 2.22. The van der Waals surface area contributed by atoms with E-state index in [1.165, 1.54) is 32.5 Å². The van der Waals surface area contributed by atoms with Crippen molar-refractivity contribution in [3.63, 3.8) is 0 Å². The van der Waals surface area contributed by atoms with Crippen molar-refractivity contribution in [1.82, 2.24) is 9.73 Å². The van der Waals surface area contributed by atoms with Crippen LogP contribution in [0.1, 0.15) is 11.1 Å². The van der Waals surface area contributed by atoms with E-state index in [0.29, 0.717) is 5.56 Å². The van der Waals surface area contributed by atoms with E-state index in [2.05, 4.69) is 10.5 Å². The minimum atomic E-state index is -3.78. The summed E-state index contributed by atoms with van der Waals surface area (Å²) >= 11 is 0. The van der Waals surface area contributed by atoms with Crippen LogP contribution in [0.5, 0.6) is 11.5 Å². The molecule has 2 aromatic rings. The number of hydrogen-bond donors (Lipinski definition) is 2. The molecular weight excluding hydrogens is 370 g/mol. The highest BCUT2D eigenvalue weighted by atomic mass is 32.2. The number of likely N-dealkylation sites (N-methyl/N-ethyl adjacent to an activating group) is 1. The van der Waals surface area contributed by atoms with E-state index in [1.807, 2.05) is 6.92 Å². The molecule has 8 nitrogen and oxygen atoms in total. The highest BCUT2D eigenvalue weighted by Crippen LogP contribution is 2.27. The van der Waals surface area contributed by atoms with Crippen LogP contribution in [0.2, 0.25) is 0 Å². The number of aromatic hydroxyl groups is 1. The number of methoxy groups -OCH3 is 1. The molecule has 0 radical (unpaired) electrons. The van der Waals surface area contributed by atoms with Gasteiger partial charge in [-0.2, -0.15) is 9.41 Å². The Kier molecular flexibility index (Phi) is 6.54. The molecule has 0 spiro atoms. The number of ether oxygens (including phenoxy) is 1. The highest BCUT2D eigenvalue weighted by molar-refractivity contribution is 7.89. The van der Waals surface area contributed by atoms with Crippen LogP contribution in [-0.2, 0) is 14.8 Å². The molecule has 0 aromatic heterocycles. The van der Waals surface area contributed by atoms with Gasteiger partial charge in [-0.25, -0.2) is 13.8 Å². The zero-order chi connectivity index (χ0) is 20.0. The predicted molar refractivity (Wildman–Crippen MR) is 101 cm³/mol. The third-order valence-corrected chi connectivity index (χ3v) is 5.56. The van der Waals surface area contributed by atoms with Gasteiger partial charge in [0.1, 0.15) is 0 Å². The van der Waals surface area contributed by atoms with Gasteiger partial charge in [-0.1, -0.05) is 23.8 Å². The Labute approximate surface area is 158 Å². The monoisotopic (exact) mass is 391 g/mol. The number of sulfonamides is 1. The number of carbonyl (C=O) groups excluding carboxylic acids is 1. The number of benzene rings is 2. The Morgan fingerprint density at radius 2 is 1.93 bits per heavy atom.